The van der Waals surface area contributed by atoms with Gasteiger partial charge in [-0.25, -0.2) is 23.6 Å². The van der Waals surface area contributed by atoms with Crippen molar-refractivity contribution in [2.45, 2.75) is 39.0 Å². The summed E-state index contributed by atoms with van der Waals surface area (Å²) in [5.41, 5.74) is 3.24. The quantitative estimate of drug-likeness (QED) is 0.315. The fraction of sp³-hybridized carbons (Fsp3) is 0.435. The minimum atomic E-state index is -3.06. The number of amides is 2. The van der Waals surface area contributed by atoms with Crippen LogP contribution in [0.1, 0.15) is 49.0 Å². The Morgan fingerprint density at radius 3 is 2.53 bits per heavy atom. The lowest BCUT2D eigenvalue weighted by molar-refractivity contribution is -0.119. The highest BCUT2D eigenvalue weighted by molar-refractivity contribution is 7.92. The number of halogens is 3. The number of hydroxylamine groups is 1. The van der Waals surface area contributed by atoms with Crippen molar-refractivity contribution in [1.29, 1.82) is 0 Å². The van der Waals surface area contributed by atoms with Crippen molar-refractivity contribution >= 4 is 46.1 Å². The molecule has 0 bridgehead atoms. The van der Waals surface area contributed by atoms with Crippen LogP contribution >= 0.6 is 0 Å². The average molecular weight is 528 g/mol. The Labute approximate surface area is 210 Å². The predicted octanol–water partition coefficient (Wildman–Crippen LogP) is 4.09. The van der Waals surface area contributed by atoms with Crippen LogP contribution in [0.4, 0.5) is 36.1 Å². The molecule has 2 aromatic rings. The molecular weight excluding hydrogens is 499 g/mol. The van der Waals surface area contributed by atoms with Gasteiger partial charge in [0.25, 0.3) is 11.8 Å². The van der Waals surface area contributed by atoms with Gasteiger partial charge in [0.05, 0.1) is 42.0 Å². The Hall–Kier alpha value is -3.03. The van der Waals surface area contributed by atoms with Crippen LogP contribution in [0.3, 0.4) is 0 Å². The van der Waals surface area contributed by atoms with E-state index >= 15 is 0 Å². The zero-order chi connectivity index (χ0) is 26.8. The molecule has 13 heteroatoms. The van der Waals surface area contributed by atoms with E-state index in [-0.39, 0.29) is 35.3 Å². The molecule has 9 nitrogen and oxygen atoms in total. The summed E-state index contributed by atoms with van der Waals surface area (Å²) in [5.74, 6) is -6.88. The second-order valence-electron chi connectivity index (χ2n) is 8.58. The molecule has 1 fully saturated rings. The molecule has 0 aliphatic heterocycles. The number of aromatic nitrogens is 1. The van der Waals surface area contributed by atoms with E-state index in [2.05, 4.69) is 21.1 Å². The Morgan fingerprint density at radius 2 is 1.97 bits per heavy atom. The number of nitrogens with zero attached hydrogens (tertiary/aromatic N) is 2. The molecule has 3 rings (SSSR count). The van der Waals surface area contributed by atoms with E-state index in [9.17, 15) is 27.3 Å². The number of hydrogen-bond donors (Lipinski definition) is 3. The molecule has 1 heterocycles. The van der Waals surface area contributed by atoms with Crippen molar-refractivity contribution < 1.29 is 32.2 Å². The number of anilines is 4. The normalized spacial score (nSPS) is 16.9. The van der Waals surface area contributed by atoms with Gasteiger partial charge in [-0.1, -0.05) is 13.8 Å². The summed E-state index contributed by atoms with van der Waals surface area (Å²) in [4.78, 5) is 33.7. The SMILES string of the molecule is CCONC(=O)c1cnc(NC(=O)C2CC2(F)F)cc1Nc1cc(F)c(C(C)C)cc1N(C)[S+](C)[O-]. The predicted molar refractivity (Wildman–Crippen MR) is 131 cm³/mol. The van der Waals surface area contributed by atoms with E-state index in [1.165, 1.54) is 22.7 Å². The number of benzene rings is 1. The summed E-state index contributed by atoms with van der Waals surface area (Å²) in [6, 6.07) is 4.03. The molecule has 2 unspecified atom stereocenters. The van der Waals surface area contributed by atoms with Crippen LogP contribution in [0.5, 0.6) is 0 Å². The van der Waals surface area contributed by atoms with Gasteiger partial charge in [-0.15, -0.1) is 0 Å². The van der Waals surface area contributed by atoms with Gasteiger partial charge in [-0.2, -0.15) is 4.31 Å². The number of rotatable bonds is 10. The summed E-state index contributed by atoms with van der Waals surface area (Å²) in [6.07, 6.45) is 2.03. The van der Waals surface area contributed by atoms with Gasteiger partial charge in [0.15, 0.2) is 0 Å². The first-order chi connectivity index (χ1) is 16.9. The molecule has 1 aliphatic rings. The fourth-order valence-electron chi connectivity index (χ4n) is 3.38. The summed E-state index contributed by atoms with van der Waals surface area (Å²) in [6.45, 7) is 5.48. The highest BCUT2D eigenvalue weighted by atomic mass is 32.2. The van der Waals surface area contributed by atoms with E-state index in [0.29, 0.717) is 11.3 Å². The van der Waals surface area contributed by atoms with Crippen LogP contribution in [0.25, 0.3) is 0 Å². The summed E-state index contributed by atoms with van der Waals surface area (Å²) < 4.78 is 55.1. The lowest BCUT2D eigenvalue weighted by atomic mass is 10.0. The third-order valence-corrected chi connectivity index (χ3v) is 6.55. The first-order valence-electron chi connectivity index (χ1n) is 11.1. The minimum Gasteiger partial charge on any atom is -0.593 e. The number of pyridine rings is 1. The Bertz CT molecular complexity index is 1150. The second-order valence-corrected chi connectivity index (χ2v) is 9.97. The largest absolute Gasteiger partial charge is 0.593 e. The van der Waals surface area contributed by atoms with E-state index in [1.807, 2.05) is 13.8 Å². The maximum absolute atomic E-state index is 14.9. The van der Waals surface area contributed by atoms with Crippen molar-refractivity contribution in [1.82, 2.24) is 10.5 Å². The summed E-state index contributed by atoms with van der Waals surface area (Å²) in [7, 11) is 1.56. The minimum absolute atomic E-state index is 0.0298. The number of carbonyl (C=O) groups excluding carboxylic acids is 2. The highest BCUT2D eigenvalue weighted by Crippen LogP contribution is 2.49. The van der Waals surface area contributed by atoms with Gasteiger partial charge >= 0.3 is 0 Å². The monoisotopic (exact) mass is 527 g/mol. The van der Waals surface area contributed by atoms with E-state index < -0.39 is 47.3 Å². The third-order valence-electron chi connectivity index (χ3n) is 5.58. The number of alkyl halides is 2. The van der Waals surface area contributed by atoms with Crippen LogP contribution in [0, 0.1) is 11.7 Å². The number of carbonyl (C=O) groups is 2. The second kappa shape index (κ2) is 10.9. The highest BCUT2D eigenvalue weighted by Gasteiger charge is 2.61. The zero-order valence-electron chi connectivity index (χ0n) is 20.4. The van der Waals surface area contributed by atoms with Crippen LogP contribution in [0.15, 0.2) is 24.4 Å². The van der Waals surface area contributed by atoms with Gasteiger partial charge in [-0.3, -0.25) is 14.4 Å². The first kappa shape index (κ1) is 27.6. The van der Waals surface area contributed by atoms with Gasteiger partial charge in [0.2, 0.25) is 5.91 Å². The van der Waals surface area contributed by atoms with Gasteiger partial charge < -0.3 is 15.2 Å². The molecule has 2 atom stereocenters. The maximum Gasteiger partial charge on any atom is 0.278 e. The van der Waals surface area contributed by atoms with Crippen LogP contribution in [0.2, 0.25) is 0 Å². The van der Waals surface area contributed by atoms with Crippen LogP contribution < -0.4 is 20.4 Å². The Morgan fingerprint density at radius 1 is 1.31 bits per heavy atom. The standard InChI is InChI=1S/C23H28F3N5O4S/c1-6-35-30-21(32)14-11-27-20(29-22(33)15-10-23(15,25)26)9-17(14)28-18-8-16(24)13(12(2)3)7-19(18)31(4)36(5)34/h7-9,11-12,15H,6,10H2,1-5H3,(H,30,32)(H2,27,28,29,33). The topological polar surface area (TPSA) is 119 Å². The van der Waals surface area contributed by atoms with Crippen molar-refractivity contribution in [3.05, 3.63) is 41.3 Å². The van der Waals surface area contributed by atoms with Crippen molar-refractivity contribution in [3.63, 3.8) is 0 Å². The molecule has 1 aromatic heterocycles. The third kappa shape index (κ3) is 6.20. The maximum atomic E-state index is 14.9. The van der Waals surface area contributed by atoms with Gasteiger partial charge in [0.1, 0.15) is 29.5 Å². The average Bonchev–Trinajstić information content (AvgIpc) is 3.45. The van der Waals surface area contributed by atoms with E-state index in [0.717, 1.165) is 6.20 Å². The smallest absolute Gasteiger partial charge is 0.278 e. The molecule has 0 spiro atoms. The van der Waals surface area contributed by atoms with Gasteiger partial charge in [0, 0.05) is 18.7 Å². The molecule has 1 aromatic carbocycles. The van der Waals surface area contributed by atoms with Crippen molar-refractivity contribution in [2.24, 2.45) is 5.92 Å². The molecule has 0 radical (unpaired) electrons. The molecule has 196 valence electrons. The molecular formula is C23H28F3N5O4S. The van der Waals surface area contributed by atoms with Crippen molar-refractivity contribution in [2.75, 3.05) is 34.8 Å². The van der Waals surface area contributed by atoms with Crippen LogP contribution in [-0.4, -0.2) is 47.2 Å². The first-order valence-corrected chi connectivity index (χ1v) is 12.7. The summed E-state index contributed by atoms with van der Waals surface area (Å²) >= 11 is -1.46. The molecule has 36 heavy (non-hydrogen) atoms. The molecule has 1 saturated carbocycles. The molecule has 2 amide bonds. The Kier molecular flexibility index (Phi) is 8.37. The molecule has 1 aliphatic carbocycles. The Balaban J connectivity index is 2.03. The number of hydrogen-bond acceptors (Lipinski definition) is 7. The summed E-state index contributed by atoms with van der Waals surface area (Å²) in [5, 5.41) is 5.26. The van der Waals surface area contributed by atoms with Crippen molar-refractivity contribution in [3.8, 4) is 0 Å². The van der Waals surface area contributed by atoms with Crippen LogP contribution in [-0.2, 0) is 21.0 Å². The lowest BCUT2D eigenvalue weighted by Crippen LogP contribution is -2.27. The fourth-order valence-corrected chi connectivity index (χ4v) is 3.80. The molecule has 3 N–H and O–H groups in total. The van der Waals surface area contributed by atoms with Gasteiger partial charge in [-0.05, 0) is 30.5 Å². The molecule has 0 saturated heterocycles. The van der Waals surface area contributed by atoms with E-state index in [4.69, 9.17) is 4.84 Å². The zero-order valence-corrected chi connectivity index (χ0v) is 21.3. The lowest BCUT2D eigenvalue weighted by Gasteiger charge is -2.24. The number of nitrogens with one attached hydrogen (secondary N) is 3. The van der Waals surface area contributed by atoms with E-state index in [1.54, 1.807) is 20.0 Å².